The summed E-state index contributed by atoms with van der Waals surface area (Å²) in [5.41, 5.74) is 1.11. The Morgan fingerprint density at radius 1 is 1.44 bits per heavy atom. The number of carboxylic acids is 1. The molecule has 0 aliphatic heterocycles. The molecule has 1 amide bonds. The van der Waals surface area contributed by atoms with Gasteiger partial charge < -0.3 is 10.4 Å². The topological polar surface area (TPSA) is 66.4 Å². The van der Waals surface area contributed by atoms with Gasteiger partial charge in [-0.3, -0.25) is 4.79 Å². The Balaban J connectivity index is 2.04. The molecule has 2 N–H and O–H groups in total. The highest BCUT2D eigenvalue weighted by Gasteiger charge is 2.30. The van der Waals surface area contributed by atoms with Gasteiger partial charge in [0.1, 0.15) is 6.04 Å². The minimum atomic E-state index is -0.982. The zero-order chi connectivity index (χ0) is 13.1. The number of allylic oxidation sites excluding steroid dienone is 5. The molecule has 0 fully saturated rings. The third kappa shape index (κ3) is 2.70. The Labute approximate surface area is 106 Å². The molecule has 0 heterocycles. The molecule has 96 valence electrons. The van der Waals surface area contributed by atoms with Gasteiger partial charge in [-0.05, 0) is 18.8 Å². The molecule has 2 rings (SSSR count). The van der Waals surface area contributed by atoms with E-state index in [0.29, 0.717) is 18.3 Å². The lowest BCUT2D eigenvalue weighted by molar-refractivity contribution is -0.141. The second kappa shape index (κ2) is 5.21. The van der Waals surface area contributed by atoms with Crippen LogP contribution in [0.2, 0.25) is 0 Å². The first-order chi connectivity index (χ1) is 8.58. The van der Waals surface area contributed by atoms with Crippen molar-refractivity contribution < 1.29 is 14.7 Å². The van der Waals surface area contributed by atoms with Crippen LogP contribution in [0.4, 0.5) is 0 Å². The molecule has 4 nitrogen and oxygen atoms in total. The Bertz CT molecular complexity index is 448. The summed E-state index contributed by atoms with van der Waals surface area (Å²) in [5, 5.41) is 11.6. The van der Waals surface area contributed by atoms with Gasteiger partial charge >= 0.3 is 5.97 Å². The van der Waals surface area contributed by atoms with Gasteiger partial charge in [-0.25, -0.2) is 4.79 Å². The molecule has 3 atom stereocenters. The minimum absolute atomic E-state index is 0.297. The van der Waals surface area contributed by atoms with Gasteiger partial charge in [-0.1, -0.05) is 36.0 Å². The molecular weight excluding hydrogens is 230 g/mol. The van der Waals surface area contributed by atoms with E-state index in [9.17, 15) is 9.59 Å². The molecule has 2 aliphatic carbocycles. The van der Waals surface area contributed by atoms with Crippen molar-refractivity contribution in [1.29, 1.82) is 0 Å². The fourth-order valence-corrected chi connectivity index (χ4v) is 2.60. The molecule has 0 aromatic carbocycles. The molecule has 0 saturated carbocycles. The third-order valence-corrected chi connectivity index (χ3v) is 3.44. The lowest BCUT2D eigenvalue weighted by atomic mass is 9.85. The Morgan fingerprint density at radius 3 is 2.83 bits per heavy atom. The Kier molecular flexibility index (Phi) is 3.65. The number of aliphatic carboxylic acids is 1. The Morgan fingerprint density at radius 2 is 2.17 bits per heavy atom. The summed E-state index contributed by atoms with van der Waals surface area (Å²) >= 11 is 0. The summed E-state index contributed by atoms with van der Waals surface area (Å²) in [4.78, 5) is 22.1. The second-order valence-electron chi connectivity index (χ2n) is 4.77. The van der Waals surface area contributed by atoms with E-state index >= 15 is 0 Å². The Hall–Kier alpha value is -1.84. The molecule has 0 radical (unpaired) electrons. The average molecular weight is 247 g/mol. The predicted octanol–water partition coefficient (Wildman–Crippen LogP) is 1.65. The number of fused-ring (bicyclic) bond motifs is 1. The van der Waals surface area contributed by atoms with Crippen LogP contribution in [0, 0.1) is 11.8 Å². The van der Waals surface area contributed by atoms with Crippen molar-refractivity contribution in [2.45, 2.75) is 25.8 Å². The van der Waals surface area contributed by atoms with Crippen LogP contribution in [0.1, 0.15) is 19.8 Å². The van der Waals surface area contributed by atoms with Crippen molar-refractivity contribution in [2.75, 3.05) is 0 Å². The number of rotatable bonds is 4. The van der Waals surface area contributed by atoms with Gasteiger partial charge in [0.05, 0.1) is 0 Å². The van der Waals surface area contributed by atoms with E-state index in [4.69, 9.17) is 5.11 Å². The molecule has 4 heteroatoms. The molecule has 0 aromatic rings. The van der Waals surface area contributed by atoms with Crippen LogP contribution in [-0.4, -0.2) is 23.0 Å². The normalized spacial score (nSPS) is 26.4. The largest absolute Gasteiger partial charge is 0.480 e. The molecule has 0 aromatic heterocycles. The number of amides is 1. The molecule has 0 spiro atoms. The highest BCUT2D eigenvalue weighted by atomic mass is 16.4. The molecule has 0 saturated heterocycles. The number of carboxylic acid groups (broad SMARTS) is 1. The minimum Gasteiger partial charge on any atom is -0.480 e. The van der Waals surface area contributed by atoms with Crippen LogP contribution in [0.15, 0.2) is 36.0 Å². The van der Waals surface area contributed by atoms with Crippen LogP contribution >= 0.6 is 0 Å². The number of carbonyl (C=O) groups is 2. The van der Waals surface area contributed by atoms with Crippen LogP contribution in [0.25, 0.3) is 0 Å². The van der Waals surface area contributed by atoms with Crippen LogP contribution in [0.5, 0.6) is 0 Å². The maximum absolute atomic E-state index is 11.1. The van der Waals surface area contributed by atoms with E-state index in [0.717, 1.165) is 12.0 Å². The summed E-state index contributed by atoms with van der Waals surface area (Å²) in [6.45, 7) is 1.34. The fraction of sp³-hybridized carbons (Fsp3) is 0.429. The van der Waals surface area contributed by atoms with Crippen molar-refractivity contribution >= 4 is 11.9 Å². The molecule has 3 unspecified atom stereocenters. The second-order valence-corrected chi connectivity index (χ2v) is 4.77. The SMILES string of the molecule is CC(=O)NC(CC1=CCC2C=CC=CC12)C(=O)O. The molecule has 18 heavy (non-hydrogen) atoms. The summed E-state index contributed by atoms with van der Waals surface area (Å²) in [7, 11) is 0. The van der Waals surface area contributed by atoms with Gasteiger partial charge in [-0.2, -0.15) is 0 Å². The van der Waals surface area contributed by atoms with Crippen molar-refractivity contribution in [3.8, 4) is 0 Å². The fourth-order valence-electron chi connectivity index (χ4n) is 2.60. The predicted molar refractivity (Wildman–Crippen MR) is 67.8 cm³/mol. The van der Waals surface area contributed by atoms with Gasteiger partial charge in [0, 0.05) is 12.8 Å². The molecule has 0 bridgehead atoms. The highest BCUT2D eigenvalue weighted by molar-refractivity contribution is 5.82. The number of nitrogens with one attached hydrogen (secondary N) is 1. The summed E-state index contributed by atoms with van der Waals surface area (Å²) < 4.78 is 0. The molecular formula is C14H17NO3. The quantitative estimate of drug-likeness (QED) is 0.742. The zero-order valence-corrected chi connectivity index (χ0v) is 10.3. The summed E-state index contributed by atoms with van der Waals surface area (Å²) in [6.07, 6.45) is 11.7. The van der Waals surface area contributed by atoms with Gasteiger partial charge in [0.2, 0.25) is 5.91 Å². The number of carbonyl (C=O) groups excluding carboxylic acids is 1. The van der Waals surface area contributed by atoms with E-state index in [1.165, 1.54) is 6.92 Å². The van der Waals surface area contributed by atoms with E-state index in [1.54, 1.807) is 0 Å². The first-order valence-corrected chi connectivity index (χ1v) is 6.11. The first-order valence-electron chi connectivity index (χ1n) is 6.11. The van der Waals surface area contributed by atoms with Crippen LogP contribution in [0.3, 0.4) is 0 Å². The number of hydrogen-bond donors (Lipinski definition) is 2. The van der Waals surface area contributed by atoms with E-state index in [1.807, 2.05) is 12.2 Å². The first kappa shape index (κ1) is 12.6. The summed E-state index contributed by atoms with van der Waals surface area (Å²) in [5.74, 6) is -0.538. The van der Waals surface area contributed by atoms with Gasteiger partial charge in [0.15, 0.2) is 0 Å². The lowest BCUT2D eigenvalue weighted by Crippen LogP contribution is -2.40. The number of hydrogen-bond acceptors (Lipinski definition) is 2. The third-order valence-electron chi connectivity index (χ3n) is 3.44. The van der Waals surface area contributed by atoms with Crippen molar-refractivity contribution in [3.05, 3.63) is 36.0 Å². The molecule has 2 aliphatic rings. The monoisotopic (exact) mass is 247 g/mol. The zero-order valence-electron chi connectivity index (χ0n) is 10.3. The van der Waals surface area contributed by atoms with E-state index in [2.05, 4.69) is 23.5 Å². The smallest absolute Gasteiger partial charge is 0.326 e. The van der Waals surface area contributed by atoms with Gasteiger partial charge in [0.25, 0.3) is 0 Å². The summed E-state index contributed by atoms with van der Waals surface area (Å²) in [6, 6.07) is -0.827. The van der Waals surface area contributed by atoms with Crippen LogP contribution in [-0.2, 0) is 9.59 Å². The maximum Gasteiger partial charge on any atom is 0.326 e. The average Bonchev–Trinajstić information content (AvgIpc) is 2.71. The van der Waals surface area contributed by atoms with Gasteiger partial charge in [-0.15, -0.1) is 0 Å². The van der Waals surface area contributed by atoms with Crippen molar-refractivity contribution in [1.82, 2.24) is 5.32 Å². The lowest BCUT2D eigenvalue weighted by Gasteiger charge is -2.21. The van der Waals surface area contributed by atoms with E-state index in [-0.39, 0.29) is 5.91 Å². The van der Waals surface area contributed by atoms with E-state index < -0.39 is 12.0 Å². The van der Waals surface area contributed by atoms with Crippen molar-refractivity contribution in [3.63, 3.8) is 0 Å². The standard InChI is InChI=1S/C14H17NO3/c1-9(16)15-13(14(17)18)8-11-7-6-10-4-2-3-5-12(10)11/h2-5,7,10,12-13H,6,8H2,1H3,(H,15,16)(H,17,18). The highest BCUT2D eigenvalue weighted by Crippen LogP contribution is 2.38. The maximum atomic E-state index is 11.1. The van der Waals surface area contributed by atoms with Crippen LogP contribution < -0.4 is 5.32 Å². The van der Waals surface area contributed by atoms with Crippen molar-refractivity contribution in [2.24, 2.45) is 11.8 Å².